The van der Waals surface area contributed by atoms with Crippen LogP contribution in [0.2, 0.25) is 5.15 Å². The highest BCUT2D eigenvalue weighted by atomic mass is 35.5. The molecule has 2 rings (SSSR count). The van der Waals surface area contributed by atoms with E-state index in [9.17, 15) is 0 Å². The van der Waals surface area contributed by atoms with Crippen LogP contribution in [0, 0.1) is 0 Å². The molecule has 16 heavy (non-hydrogen) atoms. The van der Waals surface area contributed by atoms with E-state index in [1.54, 1.807) is 12.3 Å². The number of pyridine rings is 1. The second-order valence-electron chi connectivity index (χ2n) is 4.35. The van der Waals surface area contributed by atoms with E-state index in [4.69, 9.17) is 16.3 Å². The lowest BCUT2D eigenvalue weighted by atomic mass is 10.2. The van der Waals surface area contributed by atoms with Crippen LogP contribution in [0.4, 0.5) is 0 Å². The van der Waals surface area contributed by atoms with E-state index in [1.807, 2.05) is 26.0 Å². The summed E-state index contributed by atoms with van der Waals surface area (Å²) in [6.45, 7) is 4.74. The van der Waals surface area contributed by atoms with Crippen molar-refractivity contribution in [3.05, 3.63) is 35.1 Å². The summed E-state index contributed by atoms with van der Waals surface area (Å²) in [4.78, 5) is 4.02. The first kappa shape index (κ1) is 11.6. The molecular formula is C12H15ClN2O. The molecule has 1 aliphatic heterocycles. The van der Waals surface area contributed by atoms with Gasteiger partial charge in [0.2, 0.25) is 0 Å². The molecule has 0 radical (unpaired) electrons. The number of halogens is 1. The summed E-state index contributed by atoms with van der Waals surface area (Å²) in [6, 6.07) is 3.97. The first-order valence-corrected chi connectivity index (χ1v) is 5.64. The first-order chi connectivity index (χ1) is 7.55. The molecule has 1 aliphatic rings. The second-order valence-corrected chi connectivity index (χ2v) is 4.73. The molecule has 1 saturated heterocycles. The third-order valence-corrected chi connectivity index (χ3v) is 2.65. The zero-order chi connectivity index (χ0) is 11.6. The fraction of sp³-hybridized carbons (Fsp3) is 0.417. The third kappa shape index (κ3) is 3.04. The van der Waals surface area contributed by atoms with Gasteiger partial charge in [0.15, 0.2) is 0 Å². The standard InChI is InChI=1S/C12H15ClN2O/c1-12(2)15-10(8-16-12)5-3-9-4-6-11(13)14-7-9/h3-7,10,15H,8H2,1-2H3/b5-3+/t10-/m0/s1. The lowest BCUT2D eigenvalue weighted by Crippen LogP contribution is -2.37. The fourth-order valence-corrected chi connectivity index (χ4v) is 1.76. The summed E-state index contributed by atoms with van der Waals surface area (Å²) in [5, 5.41) is 3.87. The topological polar surface area (TPSA) is 34.2 Å². The van der Waals surface area contributed by atoms with Crippen LogP contribution in [0.1, 0.15) is 19.4 Å². The highest BCUT2D eigenvalue weighted by Crippen LogP contribution is 2.15. The normalized spacial score (nSPS) is 24.1. The monoisotopic (exact) mass is 238 g/mol. The number of aromatic nitrogens is 1. The van der Waals surface area contributed by atoms with Gasteiger partial charge in [0, 0.05) is 6.20 Å². The highest BCUT2D eigenvalue weighted by Gasteiger charge is 2.28. The van der Waals surface area contributed by atoms with Crippen molar-refractivity contribution in [3.8, 4) is 0 Å². The largest absolute Gasteiger partial charge is 0.359 e. The lowest BCUT2D eigenvalue weighted by Gasteiger charge is -2.16. The van der Waals surface area contributed by atoms with Gasteiger partial charge in [0.1, 0.15) is 10.9 Å². The Balaban J connectivity index is 1.97. The van der Waals surface area contributed by atoms with Gasteiger partial charge in [-0.1, -0.05) is 29.8 Å². The molecule has 1 aromatic rings. The van der Waals surface area contributed by atoms with E-state index in [1.165, 1.54) is 0 Å². The number of nitrogens with one attached hydrogen (secondary N) is 1. The fourth-order valence-electron chi connectivity index (χ4n) is 1.64. The molecule has 2 heterocycles. The molecule has 0 unspecified atom stereocenters. The van der Waals surface area contributed by atoms with E-state index in [0.29, 0.717) is 11.8 Å². The minimum absolute atomic E-state index is 0.229. The zero-order valence-electron chi connectivity index (χ0n) is 9.40. The number of ether oxygens (including phenoxy) is 1. The molecule has 0 saturated carbocycles. The van der Waals surface area contributed by atoms with Crippen LogP contribution in [-0.2, 0) is 4.74 Å². The Bertz CT molecular complexity index is 387. The van der Waals surface area contributed by atoms with E-state index < -0.39 is 0 Å². The lowest BCUT2D eigenvalue weighted by molar-refractivity contribution is 0.0232. The smallest absolute Gasteiger partial charge is 0.129 e. The van der Waals surface area contributed by atoms with Crippen LogP contribution in [0.25, 0.3) is 6.08 Å². The minimum atomic E-state index is -0.229. The van der Waals surface area contributed by atoms with Crippen LogP contribution < -0.4 is 5.32 Å². The van der Waals surface area contributed by atoms with Gasteiger partial charge in [-0.3, -0.25) is 5.32 Å². The quantitative estimate of drug-likeness (QED) is 0.804. The van der Waals surface area contributed by atoms with Crippen LogP contribution in [0.3, 0.4) is 0 Å². The molecule has 86 valence electrons. The Hall–Kier alpha value is -0.900. The Morgan fingerprint density at radius 2 is 2.38 bits per heavy atom. The molecule has 0 aromatic carbocycles. The molecule has 1 fully saturated rings. The van der Waals surface area contributed by atoms with Crippen LogP contribution in [-0.4, -0.2) is 23.4 Å². The third-order valence-electron chi connectivity index (χ3n) is 2.43. The van der Waals surface area contributed by atoms with E-state index in [2.05, 4.69) is 16.4 Å². The predicted octanol–water partition coefficient (Wildman–Crippen LogP) is 2.47. The highest BCUT2D eigenvalue weighted by molar-refractivity contribution is 6.29. The molecule has 0 amide bonds. The molecule has 0 aliphatic carbocycles. The SMILES string of the molecule is CC1(C)N[C@@H](/C=C/c2ccc(Cl)nc2)CO1. The molecule has 0 bridgehead atoms. The maximum absolute atomic E-state index is 5.71. The second kappa shape index (κ2) is 4.53. The number of rotatable bonds is 2. The van der Waals surface area contributed by atoms with Crippen molar-refractivity contribution in [3.63, 3.8) is 0 Å². The molecule has 3 nitrogen and oxygen atoms in total. The molecule has 1 N–H and O–H groups in total. The van der Waals surface area contributed by atoms with Crippen LogP contribution in [0.15, 0.2) is 24.4 Å². The summed E-state index contributed by atoms with van der Waals surface area (Å²) in [5.74, 6) is 0. The van der Waals surface area contributed by atoms with E-state index >= 15 is 0 Å². The van der Waals surface area contributed by atoms with Gasteiger partial charge in [-0.2, -0.15) is 0 Å². The molecular weight excluding hydrogens is 224 g/mol. The molecule has 1 aromatic heterocycles. The van der Waals surface area contributed by atoms with Crippen molar-refractivity contribution in [2.75, 3.05) is 6.61 Å². The van der Waals surface area contributed by atoms with Gasteiger partial charge < -0.3 is 4.74 Å². The van der Waals surface area contributed by atoms with Crippen molar-refractivity contribution >= 4 is 17.7 Å². The molecule has 0 spiro atoms. The summed E-state index contributed by atoms with van der Waals surface area (Å²) >= 11 is 5.71. The summed E-state index contributed by atoms with van der Waals surface area (Å²) in [6.07, 6.45) is 5.85. The van der Waals surface area contributed by atoms with Crippen molar-refractivity contribution < 1.29 is 4.74 Å². The van der Waals surface area contributed by atoms with E-state index in [0.717, 1.165) is 5.56 Å². The van der Waals surface area contributed by atoms with Gasteiger partial charge in [0.25, 0.3) is 0 Å². The molecule has 4 heteroatoms. The summed E-state index contributed by atoms with van der Waals surface area (Å²) < 4.78 is 5.56. The number of nitrogens with zero attached hydrogens (tertiary/aromatic N) is 1. The minimum Gasteiger partial charge on any atom is -0.359 e. The summed E-state index contributed by atoms with van der Waals surface area (Å²) in [7, 11) is 0. The van der Waals surface area contributed by atoms with Gasteiger partial charge in [-0.25, -0.2) is 4.98 Å². The summed E-state index contributed by atoms with van der Waals surface area (Å²) in [5.41, 5.74) is 0.809. The Kier molecular flexibility index (Phi) is 3.28. The first-order valence-electron chi connectivity index (χ1n) is 5.27. The van der Waals surface area contributed by atoms with Gasteiger partial charge in [0.05, 0.1) is 12.6 Å². The Morgan fingerprint density at radius 3 is 2.94 bits per heavy atom. The zero-order valence-corrected chi connectivity index (χ0v) is 10.2. The van der Waals surface area contributed by atoms with E-state index in [-0.39, 0.29) is 11.8 Å². The Labute approximate surface area is 100 Å². The van der Waals surface area contributed by atoms with Crippen LogP contribution >= 0.6 is 11.6 Å². The van der Waals surface area contributed by atoms with Crippen molar-refractivity contribution in [2.45, 2.75) is 25.6 Å². The average Bonchev–Trinajstić information content (AvgIpc) is 2.58. The average molecular weight is 239 g/mol. The number of hydrogen-bond donors (Lipinski definition) is 1. The maximum Gasteiger partial charge on any atom is 0.129 e. The van der Waals surface area contributed by atoms with Gasteiger partial charge in [-0.05, 0) is 25.5 Å². The predicted molar refractivity (Wildman–Crippen MR) is 65.2 cm³/mol. The van der Waals surface area contributed by atoms with Crippen LogP contribution in [0.5, 0.6) is 0 Å². The maximum atomic E-state index is 5.71. The Morgan fingerprint density at radius 1 is 1.56 bits per heavy atom. The van der Waals surface area contributed by atoms with Gasteiger partial charge in [-0.15, -0.1) is 0 Å². The van der Waals surface area contributed by atoms with Gasteiger partial charge >= 0.3 is 0 Å². The van der Waals surface area contributed by atoms with Crippen molar-refractivity contribution in [1.29, 1.82) is 0 Å². The van der Waals surface area contributed by atoms with Crippen molar-refractivity contribution in [2.24, 2.45) is 0 Å². The number of hydrogen-bond acceptors (Lipinski definition) is 3. The van der Waals surface area contributed by atoms with Crippen molar-refractivity contribution in [1.82, 2.24) is 10.3 Å². The molecule has 1 atom stereocenters.